The Morgan fingerprint density at radius 2 is 1.55 bits per heavy atom. The van der Waals surface area contributed by atoms with Crippen LogP contribution in [0.4, 0.5) is 0 Å². The second-order valence-electron chi connectivity index (χ2n) is 20.6. The van der Waals surface area contributed by atoms with Crippen LogP contribution in [0.25, 0.3) is 0 Å². The molecule has 8 unspecified atom stereocenters. The van der Waals surface area contributed by atoms with Gasteiger partial charge in [-0.25, -0.2) is 0 Å². The molecular weight excluding hydrogens is 831 g/mol. The topological polar surface area (TPSA) is 220 Å². The Hall–Kier alpha value is -1.87. The van der Waals surface area contributed by atoms with Gasteiger partial charge in [-0.1, -0.05) is 32.3 Å². The second kappa shape index (κ2) is 22.5. The fraction of sp³-hybridized carbons (Fsp3) is 0.936. The summed E-state index contributed by atoms with van der Waals surface area (Å²) < 4.78 is 44.6. The molecule has 3 aliphatic heterocycles. The van der Waals surface area contributed by atoms with E-state index in [9.17, 15) is 30.3 Å². The smallest absolute Gasteiger partial charge is 0.311 e. The molecule has 0 bridgehead atoms. The van der Waals surface area contributed by atoms with Crippen LogP contribution in [0.2, 0.25) is 0 Å². The molecule has 0 aromatic rings. The summed E-state index contributed by atoms with van der Waals surface area (Å²) in [6, 6.07) is -0.337. The SMILES string of the molecule is C=NCC[C@H]1OC(=O)[C@H](C)[C@@H](OC2CC(C)(OC)C(O)C(C)O2)[C@H](C)[C@@H](OC2OC(C)CC(N(C)C)C2O)[C@](C)(O)C[C@@H](C)/C(=N\OC2(OC(C)C)CCCCC2)[C@H](C)[C@@H](O)[C@]1(C)O. The van der Waals surface area contributed by atoms with Gasteiger partial charge in [0.25, 0.3) is 0 Å². The molecule has 18 atom stereocenters. The molecule has 5 N–H and O–H groups in total. The summed E-state index contributed by atoms with van der Waals surface area (Å²) in [5.74, 6) is -5.31. The summed E-state index contributed by atoms with van der Waals surface area (Å²) >= 11 is 0. The van der Waals surface area contributed by atoms with Crippen molar-refractivity contribution < 1.29 is 68.3 Å². The zero-order valence-electron chi connectivity index (χ0n) is 41.3. The maximum atomic E-state index is 14.6. The molecule has 0 aromatic carbocycles. The van der Waals surface area contributed by atoms with Crippen molar-refractivity contribution in [1.29, 1.82) is 0 Å². The highest BCUT2D eigenvalue weighted by atomic mass is 16.8. The van der Waals surface area contributed by atoms with Crippen LogP contribution in [0.5, 0.6) is 0 Å². The number of hydrogen-bond acceptors (Lipinski definition) is 17. The molecule has 0 aromatic heterocycles. The van der Waals surface area contributed by atoms with Crippen molar-refractivity contribution >= 4 is 18.4 Å². The largest absolute Gasteiger partial charge is 0.459 e. The van der Waals surface area contributed by atoms with Gasteiger partial charge >= 0.3 is 5.97 Å². The Balaban J connectivity index is 1.93. The van der Waals surface area contributed by atoms with E-state index in [0.717, 1.165) is 19.3 Å². The maximum absolute atomic E-state index is 14.6. The molecule has 17 heteroatoms. The van der Waals surface area contributed by atoms with Crippen molar-refractivity contribution in [1.82, 2.24) is 4.90 Å². The number of aliphatic hydroxyl groups is 5. The molecule has 3 saturated heterocycles. The Bertz CT molecular complexity index is 1520. The predicted molar refractivity (Wildman–Crippen MR) is 241 cm³/mol. The maximum Gasteiger partial charge on any atom is 0.311 e. The average molecular weight is 916 g/mol. The highest BCUT2D eigenvalue weighted by Crippen LogP contribution is 2.42. The summed E-state index contributed by atoms with van der Waals surface area (Å²) in [7, 11) is 5.24. The van der Waals surface area contributed by atoms with E-state index in [1.165, 1.54) is 14.0 Å². The van der Waals surface area contributed by atoms with Gasteiger partial charge < -0.3 is 73.4 Å². The van der Waals surface area contributed by atoms with Gasteiger partial charge in [-0.15, -0.1) is 0 Å². The first-order valence-corrected chi connectivity index (χ1v) is 23.6. The molecule has 0 amide bonds. The van der Waals surface area contributed by atoms with Crippen molar-refractivity contribution in [2.75, 3.05) is 27.7 Å². The monoisotopic (exact) mass is 916 g/mol. The number of carbonyl (C=O) groups is 1. The number of rotatable bonds is 13. The lowest BCUT2D eigenvalue weighted by Gasteiger charge is -2.49. The molecule has 372 valence electrons. The van der Waals surface area contributed by atoms with Crippen molar-refractivity contribution in [3.8, 4) is 0 Å². The predicted octanol–water partition coefficient (Wildman–Crippen LogP) is 4.36. The van der Waals surface area contributed by atoms with Crippen molar-refractivity contribution in [3.63, 3.8) is 0 Å². The van der Waals surface area contributed by atoms with Gasteiger partial charge in [-0.3, -0.25) is 4.79 Å². The number of nitrogens with zero attached hydrogens (tertiary/aromatic N) is 3. The highest BCUT2D eigenvalue weighted by Gasteiger charge is 2.54. The van der Waals surface area contributed by atoms with E-state index in [2.05, 4.69) is 11.7 Å². The van der Waals surface area contributed by atoms with Crippen LogP contribution >= 0.6 is 0 Å². The summed E-state index contributed by atoms with van der Waals surface area (Å²) in [6.07, 6.45) is -6.12. The van der Waals surface area contributed by atoms with E-state index in [4.69, 9.17) is 43.2 Å². The molecule has 4 aliphatic rings. The summed E-state index contributed by atoms with van der Waals surface area (Å²) in [4.78, 5) is 27.0. The minimum Gasteiger partial charge on any atom is -0.459 e. The van der Waals surface area contributed by atoms with Crippen LogP contribution in [0.15, 0.2) is 10.1 Å². The van der Waals surface area contributed by atoms with E-state index < -0.39 is 108 Å². The fourth-order valence-corrected chi connectivity index (χ4v) is 10.5. The summed E-state index contributed by atoms with van der Waals surface area (Å²) in [5.41, 5.74) is -4.58. The average Bonchev–Trinajstić information content (AvgIpc) is 3.21. The number of ether oxygens (including phenoxy) is 7. The van der Waals surface area contributed by atoms with Crippen LogP contribution in [0, 0.1) is 23.7 Å². The number of methoxy groups -OCH3 is 1. The van der Waals surface area contributed by atoms with Gasteiger partial charge in [-0.2, -0.15) is 0 Å². The van der Waals surface area contributed by atoms with E-state index in [-0.39, 0.29) is 44.1 Å². The molecule has 64 heavy (non-hydrogen) atoms. The number of cyclic esters (lactones) is 1. The van der Waals surface area contributed by atoms with Crippen molar-refractivity contribution in [2.24, 2.45) is 33.8 Å². The molecule has 4 fully saturated rings. The highest BCUT2D eigenvalue weighted by molar-refractivity contribution is 5.88. The minimum atomic E-state index is -2.05. The van der Waals surface area contributed by atoms with Gasteiger partial charge in [-0.05, 0) is 102 Å². The zero-order chi connectivity index (χ0) is 48.1. The van der Waals surface area contributed by atoms with Crippen LogP contribution in [0.1, 0.15) is 134 Å². The summed E-state index contributed by atoms with van der Waals surface area (Å²) in [6.45, 7) is 23.0. The third-order valence-electron chi connectivity index (χ3n) is 14.4. The molecule has 0 spiro atoms. The lowest BCUT2D eigenvalue weighted by molar-refractivity contribution is -0.318. The lowest BCUT2D eigenvalue weighted by Crippen LogP contribution is -2.61. The third kappa shape index (κ3) is 12.8. The fourth-order valence-electron chi connectivity index (χ4n) is 10.5. The molecule has 1 aliphatic carbocycles. The Morgan fingerprint density at radius 3 is 2.12 bits per heavy atom. The first-order valence-electron chi connectivity index (χ1n) is 23.6. The first kappa shape index (κ1) is 54.7. The quantitative estimate of drug-likeness (QED) is 0.0751. The second-order valence-corrected chi connectivity index (χ2v) is 20.6. The molecule has 4 rings (SSSR count). The van der Waals surface area contributed by atoms with E-state index in [1.54, 1.807) is 41.5 Å². The normalized spacial score (nSPS) is 44.9. The molecular formula is C47H85N3O14. The number of likely N-dealkylation sites (N-methyl/N-ethyl adjacent to an activating group) is 1. The van der Waals surface area contributed by atoms with Gasteiger partial charge in [0.1, 0.15) is 23.9 Å². The van der Waals surface area contributed by atoms with Crippen LogP contribution in [-0.4, -0.2) is 173 Å². The van der Waals surface area contributed by atoms with Crippen molar-refractivity contribution in [3.05, 3.63) is 0 Å². The van der Waals surface area contributed by atoms with E-state index in [1.807, 2.05) is 46.7 Å². The molecule has 0 radical (unpaired) electrons. The number of oxime groups is 1. The van der Waals surface area contributed by atoms with Crippen LogP contribution < -0.4 is 0 Å². The van der Waals surface area contributed by atoms with Crippen LogP contribution in [-0.2, 0) is 42.8 Å². The minimum absolute atomic E-state index is 0.0274. The number of carbonyl (C=O) groups excluding carboxylic acids is 1. The molecule has 3 heterocycles. The number of esters is 1. The Morgan fingerprint density at radius 1 is 0.906 bits per heavy atom. The Labute approximate surface area is 382 Å². The van der Waals surface area contributed by atoms with Crippen LogP contribution in [0.3, 0.4) is 0 Å². The number of aliphatic imine (C=N–C) groups is 1. The zero-order valence-corrected chi connectivity index (χ0v) is 41.3. The van der Waals surface area contributed by atoms with Crippen molar-refractivity contribution in [2.45, 2.75) is 230 Å². The van der Waals surface area contributed by atoms with E-state index in [0.29, 0.717) is 25.0 Å². The van der Waals surface area contributed by atoms with Gasteiger partial charge in [0, 0.05) is 63.1 Å². The first-order chi connectivity index (χ1) is 29.7. The van der Waals surface area contributed by atoms with Gasteiger partial charge in [0.2, 0.25) is 5.79 Å². The molecule has 1 saturated carbocycles. The van der Waals surface area contributed by atoms with Gasteiger partial charge in [0.05, 0.1) is 59.5 Å². The van der Waals surface area contributed by atoms with E-state index >= 15 is 0 Å². The summed E-state index contributed by atoms with van der Waals surface area (Å²) in [5, 5.41) is 65.3. The Kier molecular flexibility index (Phi) is 19.2. The van der Waals surface area contributed by atoms with Gasteiger partial charge in [0.15, 0.2) is 12.6 Å². The standard InChI is InChI=1S/C47H85N3O14/c1-26(2)63-47(20-17-16-18-21-47)64-49-36-27(3)24-44(9,55)41(62-43-37(51)33(50(13)14)23-28(4)58-43)30(6)38(61-35-25-45(10,57-15)40(53)32(8)59-35)31(7)42(54)60-34(19-22-48-12)46(11,56)39(52)29(36)5/h26-35,37-41,43,51-53,55-56H,12,16-25H2,1-11,13-15H3/b49-36+/t27-,28?,29+,30+,31-,32?,33?,34-,35?,37?,38+,39-,40?,41-,43?,44-,45?,46-/m1/s1. The third-order valence-corrected chi connectivity index (χ3v) is 14.4. The lowest BCUT2D eigenvalue weighted by atomic mass is 9.73. The number of aliphatic hydroxyl groups excluding tert-OH is 3. The molecule has 17 nitrogen and oxygen atoms in total. The number of hydrogen-bond donors (Lipinski definition) is 5.